The van der Waals surface area contributed by atoms with Crippen LogP contribution >= 0.6 is 0 Å². The number of hydrogen-bond acceptors (Lipinski definition) is 10. The first-order valence-corrected chi connectivity index (χ1v) is 16.1. The average Bonchev–Trinajstić information content (AvgIpc) is 2.95. The maximum atomic E-state index is 14.2. The summed E-state index contributed by atoms with van der Waals surface area (Å²) >= 11 is 0. The second-order valence-electron chi connectivity index (χ2n) is 13.3. The molecule has 248 valence electrons. The van der Waals surface area contributed by atoms with Crippen molar-refractivity contribution in [3.8, 4) is 5.75 Å². The van der Waals surface area contributed by atoms with E-state index in [1.807, 2.05) is 25.1 Å². The summed E-state index contributed by atoms with van der Waals surface area (Å²) in [6, 6.07) is 0.832. The number of ketones is 2. The molecule has 4 atom stereocenters. The maximum absolute atomic E-state index is 14.2. The Hall–Kier alpha value is -3.41. The number of nitrogens with zero attached hydrogens (tertiary/aromatic N) is 3. The lowest BCUT2D eigenvalue weighted by atomic mass is 9.57. The Labute approximate surface area is 266 Å². The Bertz CT molecular complexity index is 1410. The second kappa shape index (κ2) is 13.5. The van der Waals surface area contributed by atoms with E-state index < -0.39 is 58.0 Å². The fourth-order valence-corrected chi connectivity index (χ4v) is 7.55. The topological polar surface area (TPSA) is 168 Å². The van der Waals surface area contributed by atoms with E-state index in [2.05, 4.69) is 18.7 Å². The Morgan fingerprint density at radius 2 is 1.60 bits per heavy atom. The highest BCUT2D eigenvalue weighted by Crippen LogP contribution is 2.54. The number of amides is 1. The van der Waals surface area contributed by atoms with Crippen LogP contribution in [0.2, 0.25) is 0 Å². The first-order chi connectivity index (χ1) is 21.2. The zero-order valence-corrected chi connectivity index (χ0v) is 27.5. The van der Waals surface area contributed by atoms with E-state index in [9.17, 15) is 34.8 Å². The molecular weight excluding hydrogens is 576 g/mol. The number of phenols is 1. The Kier molecular flexibility index (Phi) is 10.4. The lowest BCUT2D eigenvalue weighted by Gasteiger charge is -2.50. The molecule has 3 aliphatic carbocycles. The Morgan fingerprint density at radius 1 is 1.00 bits per heavy atom. The molecule has 0 saturated heterocycles. The molecule has 11 nitrogen and oxygen atoms in total. The van der Waals surface area contributed by atoms with Gasteiger partial charge in [0, 0.05) is 43.4 Å². The summed E-state index contributed by atoms with van der Waals surface area (Å²) in [7, 11) is 6.94. The van der Waals surface area contributed by atoms with Gasteiger partial charge in [-0.25, -0.2) is 0 Å². The van der Waals surface area contributed by atoms with Crippen LogP contribution in [0.25, 0.3) is 5.76 Å². The minimum absolute atomic E-state index is 0.0593. The first-order valence-electron chi connectivity index (χ1n) is 16.1. The van der Waals surface area contributed by atoms with Crippen molar-refractivity contribution in [1.82, 2.24) is 9.80 Å². The minimum Gasteiger partial charge on any atom is -0.508 e. The van der Waals surface area contributed by atoms with Crippen LogP contribution < -0.4 is 10.6 Å². The molecule has 1 saturated carbocycles. The van der Waals surface area contributed by atoms with E-state index in [4.69, 9.17) is 5.73 Å². The third-order valence-electron chi connectivity index (χ3n) is 9.81. The monoisotopic (exact) mass is 626 g/mol. The van der Waals surface area contributed by atoms with Gasteiger partial charge < -0.3 is 31.1 Å². The number of benzene rings is 1. The van der Waals surface area contributed by atoms with Gasteiger partial charge in [0.1, 0.15) is 22.8 Å². The summed E-state index contributed by atoms with van der Waals surface area (Å²) in [5.41, 5.74) is 4.03. The standard InChI is InChI=1S/C34H50N4O7/c1-7-9-11-13-38(14-12-10-8-2)18-20-17-23(36(3)4)21-15-19-16-22-27(37(5)6)30(41)26(33(35)44)32(43)34(22,45)31(42)24(19)29(40)25(21)28(20)39/h17,19,22,27,39-40,43,45H,7-16,18H2,1-6H3,(H2,35,44)/t19-,22-,27-,34-/m1/s1. The largest absolute Gasteiger partial charge is 0.508 e. The Balaban J connectivity index is 1.86. The van der Waals surface area contributed by atoms with Gasteiger partial charge in [-0.2, -0.15) is 0 Å². The van der Waals surface area contributed by atoms with Gasteiger partial charge in [0.05, 0.1) is 11.6 Å². The molecule has 0 heterocycles. The van der Waals surface area contributed by atoms with Crippen molar-refractivity contribution in [3.63, 3.8) is 0 Å². The van der Waals surface area contributed by atoms with Crippen LogP contribution in [-0.4, -0.2) is 101 Å². The predicted octanol–water partition coefficient (Wildman–Crippen LogP) is 3.21. The highest BCUT2D eigenvalue weighted by Gasteiger charge is 2.64. The average molecular weight is 627 g/mol. The van der Waals surface area contributed by atoms with E-state index >= 15 is 0 Å². The van der Waals surface area contributed by atoms with E-state index in [0.717, 1.165) is 57.3 Å². The number of nitrogens with two attached hydrogens (primary N) is 1. The molecule has 0 spiro atoms. The molecule has 0 aliphatic heterocycles. The molecule has 0 bridgehead atoms. The van der Waals surface area contributed by atoms with Gasteiger partial charge in [0.15, 0.2) is 11.4 Å². The van der Waals surface area contributed by atoms with Crippen LogP contribution in [0.1, 0.15) is 75.5 Å². The summed E-state index contributed by atoms with van der Waals surface area (Å²) in [5.74, 6) is -6.40. The number of unbranched alkanes of at least 4 members (excludes halogenated alkanes) is 4. The van der Waals surface area contributed by atoms with Gasteiger partial charge in [-0.1, -0.05) is 39.5 Å². The summed E-state index contributed by atoms with van der Waals surface area (Å²) in [4.78, 5) is 45.6. The van der Waals surface area contributed by atoms with Crippen molar-refractivity contribution in [1.29, 1.82) is 0 Å². The summed E-state index contributed by atoms with van der Waals surface area (Å²) in [6.45, 7) is 6.51. The van der Waals surface area contributed by atoms with Crippen LogP contribution in [-0.2, 0) is 27.3 Å². The van der Waals surface area contributed by atoms with Crippen molar-refractivity contribution in [2.75, 3.05) is 46.2 Å². The van der Waals surface area contributed by atoms with Crippen molar-refractivity contribution in [2.45, 2.75) is 83.4 Å². The lowest BCUT2D eigenvalue weighted by Crippen LogP contribution is -2.65. The molecule has 1 aromatic carbocycles. The number of aromatic hydroxyl groups is 1. The van der Waals surface area contributed by atoms with Crippen molar-refractivity contribution >= 4 is 28.9 Å². The molecule has 4 rings (SSSR count). The number of likely N-dealkylation sites (N-methyl/N-ethyl adjacent to an activating group) is 1. The van der Waals surface area contributed by atoms with Crippen LogP contribution in [0.15, 0.2) is 23.0 Å². The molecule has 1 fully saturated rings. The number of carbonyl (C=O) groups is 3. The van der Waals surface area contributed by atoms with Crippen LogP contribution in [0.5, 0.6) is 5.75 Å². The molecule has 0 aromatic heterocycles. The van der Waals surface area contributed by atoms with E-state index in [-0.39, 0.29) is 29.7 Å². The van der Waals surface area contributed by atoms with Gasteiger partial charge >= 0.3 is 0 Å². The predicted molar refractivity (Wildman–Crippen MR) is 173 cm³/mol. The number of phenolic OH excluding ortho intramolecular Hbond substituents is 1. The fourth-order valence-electron chi connectivity index (χ4n) is 7.55. The van der Waals surface area contributed by atoms with Crippen LogP contribution in [0.3, 0.4) is 0 Å². The van der Waals surface area contributed by atoms with Crippen LogP contribution in [0.4, 0.5) is 5.69 Å². The number of rotatable bonds is 13. The molecule has 0 unspecified atom stereocenters. The number of aliphatic hydroxyl groups excluding tert-OH is 2. The quantitative estimate of drug-likeness (QED) is 0.162. The smallest absolute Gasteiger partial charge is 0.255 e. The fraction of sp³-hybridized carbons (Fsp3) is 0.618. The number of aliphatic hydroxyl groups is 3. The number of Topliss-reactive ketones (excluding diaryl/α,β-unsaturated/α-hetero) is 2. The number of carbonyl (C=O) groups excluding carboxylic acids is 3. The molecule has 6 N–H and O–H groups in total. The molecule has 3 aliphatic rings. The molecule has 0 radical (unpaired) electrons. The van der Waals surface area contributed by atoms with Crippen LogP contribution in [0, 0.1) is 11.8 Å². The van der Waals surface area contributed by atoms with Crippen molar-refractivity contribution < 1.29 is 34.8 Å². The zero-order valence-electron chi connectivity index (χ0n) is 27.5. The maximum Gasteiger partial charge on any atom is 0.255 e. The summed E-state index contributed by atoms with van der Waals surface area (Å²) in [6.07, 6.45) is 6.76. The summed E-state index contributed by atoms with van der Waals surface area (Å²) in [5, 5.41) is 46.5. The first kappa shape index (κ1) is 34.5. The van der Waals surface area contributed by atoms with Gasteiger partial charge in [-0.05, 0) is 70.4 Å². The normalized spacial score (nSPS) is 24.7. The lowest BCUT2D eigenvalue weighted by molar-refractivity contribution is -0.153. The number of primary amides is 1. The third kappa shape index (κ3) is 5.97. The third-order valence-corrected chi connectivity index (χ3v) is 9.81. The van der Waals surface area contributed by atoms with Crippen molar-refractivity contribution in [3.05, 3.63) is 39.7 Å². The molecule has 11 heteroatoms. The molecular formula is C34H50N4O7. The number of anilines is 1. The second-order valence-corrected chi connectivity index (χ2v) is 13.3. The van der Waals surface area contributed by atoms with Crippen molar-refractivity contribution in [2.24, 2.45) is 17.6 Å². The highest BCUT2D eigenvalue weighted by molar-refractivity contribution is 6.24. The highest BCUT2D eigenvalue weighted by atomic mass is 16.3. The number of hydrogen-bond donors (Lipinski definition) is 5. The van der Waals surface area contributed by atoms with Gasteiger partial charge in [0.2, 0.25) is 5.78 Å². The zero-order chi connectivity index (χ0) is 33.4. The van der Waals surface area contributed by atoms with Gasteiger partial charge in [0.25, 0.3) is 5.91 Å². The minimum atomic E-state index is -2.66. The Morgan fingerprint density at radius 3 is 2.11 bits per heavy atom. The molecule has 45 heavy (non-hydrogen) atoms. The van der Waals surface area contributed by atoms with Gasteiger partial charge in [-0.3, -0.25) is 24.2 Å². The summed E-state index contributed by atoms with van der Waals surface area (Å²) < 4.78 is 0. The van der Waals surface area contributed by atoms with E-state index in [0.29, 0.717) is 17.7 Å². The molecule has 1 aromatic rings. The molecule has 1 amide bonds. The SMILES string of the molecule is CCCCCN(CCCCC)Cc1cc(N(C)C)c2c(c1O)C(O)=C1C(=O)[C@@]3(O)C(O)=C(C(N)=O)C(=O)[C@H](N(C)C)[C@H]3C[C@H]1C2. The van der Waals surface area contributed by atoms with E-state index in [1.165, 1.54) is 4.90 Å². The van der Waals surface area contributed by atoms with Gasteiger partial charge in [-0.15, -0.1) is 0 Å². The van der Waals surface area contributed by atoms with E-state index in [1.54, 1.807) is 14.1 Å². The number of fused-ring (bicyclic) bond motifs is 3.